The van der Waals surface area contributed by atoms with Crippen LogP contribution in [-0.4, -0.2) is 26.8 Å². The van der Waals surface area contributed by atoms with E-state index in [1.165, 1.54) is 12.5 Å². The molecule has 2 N–H and O–H groups in total. The third kappa shape index (κ3) is 5.17. The molecule has 0 aliphatic carbocycles. The molecular weight excluding hydrogens is 404 g/mol. The van der Waals surface area contributed by atoms with Crippen LogP contribution in [0.4, 0.5) is 0 Å². The molecule has 3 rings (SSSR count). The maximum atomic E-state index is 11.8. The van der Waals surface area contributed by atoms with E-state index in [0.29, 0.717) is 17.9 Å². The highest BCUT2D eigenvalue weighted by molar-refractivity contribution is 5.94. The third-order valence-electron chi connectivity index (χ3n) is 5.15. The van der Waals surface area contributed by atoms with Gasteiger partial charge in [0, 0.05) is 24.6 Å². The summed E-state index contributed by atoms with van der Waals surface area (Å²) in [6, 6.07) is 12.4. The van der Waals surface area contributed by atoms with Crippen molar-refractivity contribution in [3.8, 4) is 17.0 Å². The predicted molar refractivity (Wildman–Crippen MR) is 123 cm³/mol. The summed E-state index contributed by atoms with van der Waals surface area (Å²) in [6.07, 6.45) is 0.365. The number of benzene rings is 1. The molecule has 0 saturated carbocycles. The minimum absolute atomic E-state index is 0.00218. The van der Waals surface area contributed by atoms with Crippen LogP contribution in [0, 0.1) is 13.8 Å². The number of hydrogen-bond donors (Lipinski definition) is 1. The highest BCUT2D eigenvalue weighted by Gasteiger charge is 2.20. The largest absolute Gasteiger partial charge is 0.422 e. The first-order valence-electron chi connectivity index (χ1n) is 10.4. The molecule has 0 aliphatic heterocycles. The van der Waals surface area contributed by atoms with Gasteiger partial charge in [-0.2, -0.15) is 0 Å². The van der Waals surface area contributed by atoms with Gasteiger partial charge in [0.1, 0.15) is 5.82 Å². The first-order valence-corrected chi connectivity index (χ1v) is 10.4. The van der Waals surface area contributed by atoms with Crippen molar-refractivity contribution in [2.45, 2.75) is 53.4 Å². The molecule has 0 atom stereocenters. The zero-order valence-corrected chi connectivity index (χ0v) is 19.3. The Morgan fingerprint density at radius 2 is 1.59 bits per heavy atom. The standard InChI is InChI=1S/C25H28N4O3/c1-14-18(9-12-20(27-14)17-7-10-19(11-8-17)25(4,5)6)13-21-28-15(2)23(32-16(3)30)22(29-21)24(26)31/h7-12H,13H2,1-6H3,(H2,26,31). The molecule has 0 radical (unpaired) electrons. The van der Waals surface area contributed by atoms with E-state index in [0.717, 1.165) is 22.5 Å². The van der Waals surface area contributed by atoms with Crippen LogP contribution in [0.1, 0.15) is 66.5 Å². The lowest BCUT2D eigenvalue weighted by Gasteiger charge is -2.19. The molecule has 7 nitrogen and oxygen atoms in total. The number of nitrogens with zero attached hydrogens (tertiary/aromatic N) is 3. The lowest BCUT2D eigenvalue weighted by atomic mass is 9.86. The zero-order valence-electron chi connectivity index (χ0n) is 19.3. The molecule has 32 heavy (non-hydrogen) atoms. The number of nitrogens with two attached hydrogens (primary N) is 1. The summed E-state index contributed by atoms with van der Waals surface area (Å²) in [4.78, 5) is 36.6. The first kappa shape index (κ1) is 23.1. The van der Waals surface area contributed by atoms with Gasteiger partial charge in [-0.05, 0) is 36.5 Å². The second kappa shape index (κ2) is 8.86. The molecular formula is C25H28N4O3. The maximum Gasteiger partial charge on any atom is 0.308 e. The number of esters is 1. The van der Waals surface area contributed by atoms with Gasteiger partial charge in [-0.25, -0.2) is 9.97 Å². The van der Waals surface area contributed by atoms with E-state index in [9.17, 15) is 9.59 Å². The number of aromatic nitrogens is 3. The van der Waals surface area contributed by atoms with E-state index < -0.39 is 11.9 Å². The summed E-state index contributed by atoms with van der Waals surface area (Å²) < 4.78 is 5.08. The van der Waals surface area contributed by atoms with Gasteiger partial charge in [-0.3, -0.25) is 14.6 Å². The first-order chi connectivity index (χ1) is 15.0. The third-order valence-corrected chi connectivity index (χ3v) is 5.15. The SMILES string of the molecule is CC(=O)Oc1c(C)nc(Cc2ccc(-c3ccc(C(C)(C)C)cc3)nc2C)nc1C(N)=O. The molecule has 2 heterocycles. The molecule has 0 unspecified atom stereocenters. The van der Waals surface area contributed by atoms with Crippen LogP contribution in [0.25, 0.3) is 11.3 Å². The van der Waals surface area contributed by atoms with Crippen molar-refractivity contribution in [1.29, 1.82) is 0 Å². The van der Waals surface area contributed by atoms with Crippen molar-refractivity contribution in [3.63, 3.8) is 0 Å². The minimum Gasteiger partial charge on any atom is -0.422 e. The molecule has 0 aliphatic rings. The van der Waals surface area contributed by atoms with Crippen molar-refractivity contribution in [2.24, 2.45) is 5.73 Å². The van der Waals surface area contributed by atoms with Crippen LogP contribution in [0.5, 0.6) is 5.75 Å². The van der Waals surface area contributed by atoms with Gasteiger partial charge < -0.3 is 10.5 Å². The molecule has 7 heteroatoms. The zero-order chi connectivity index (χ0) is 23.6. The number of primary amides is 1. The Morgan fingerprint density at radius 3 is 2.12 bits per heavy atom. The topological polar surface area (TPSA) is 108 Å². The molecule has 1 aromatic carbocycles. The van der Waals surface area contributed by atoms with E-state index in [4.69, 9.17) is 15.5 Å². The van der Waals surface area contributed by atoms with E-state index in [1.807, 2.05) is 19.1 Å². The normalized spacial score (nSPS) is 11.3. The van der Waals surface area contributed by atoms with Crippen molar-refractivity contribution in [2.75, 3.05) is 0 Å². The Morgan fingerprint density at radius 1 is 0.938 bits per heavy atom. The summed E-state index contributed by atoms with van der Waals surface area (Å²) in [5, 5.41) is 0. The Labute approximate surface area is 188 Å². The van der Waals surface area contributed by atoms with Crippen molar-refractivity contribution in [3.05, 3.63) is 70.4 Å². The average molecular weight is 433 g/mol. The number of carbonyl (C=O) groups excluding carboxylic acids is 2. The van der Waals surface area contributed by atoms with Crippen LogP contribution in [0.15, 0.2) is 36.4 Å². The number of hydrogen-bond acceptors (Lipinski definition) is 6. The van der Waals surface area contributed by atoms with E-state index >= 15 is 0 Å². The maximum absolute atomic E-state index is 11.8. The second-order valence-corrected chi connectivity index (χ2v) is 8.81. The van der Waals surface area contributed by atoms with E-state index in [-0.39, 0.29) is 16.9 Å². The monoisotopic (exact) mass is 432 g/mol. The summed E-state index contributed by atoms with van der Waals surface area (Å²) in [5.74, 6) is -0.952. The van der Waals surface area contributed by atoms with Crippen LogP contribution >= 0.6 is 0 Å². The number of ether oxygens (including phenoxy) is 1. The molecule has 2 aromatic heterocycles. The van der Waals surface area contributed by atoms with Crippen molar-refractivity contribution < 1.29 is 14.3 Å². The van der Waals surface area contributed by atoms with Crippen molar-refractivity contribution >= 4 is 11.9 Å². The molecule has 0 saturated heterocycles. The average Bonchev–Trinajstić information content (AvgIpc) is 2.70. The Kier molecular flexibility index (Phi) is 6.39. The van der Waals surface area contributed by atoms with Crippen LogP contribution in [0.3, 0.4) is 0 Å². The number of carbonyl (C=O) groups is 2. The fourth-order valence-corrected chi connectivity index (χ4v) is 3.38. The summed E-state index contributed by atoms with van der Waals surface area (Å²) >= 11 is 0. The van der Waals surface area contributed by atoms with Gasteiger partial charge in [-0.1, -0.05) is 51.1 Å². The van der Waals surface area contributed by atoms with E-state index in [1.54, 1.807) is 6.92 Å². The molecule has 0 bridgehead atoms. The van der Waals surface area contributed by atoms with Gasteiger partial charge in [-0.15, -0.1) is 0 Å². The van der Waals surface area contributed by atoms with Gasteiger partial charge in [0.15, 0.2) is 11.4 Å². The number of pyridine rings is 1. The number of amides is 1. The highest BCUT2D eigenvalue weighted by Crippen LogP contribution is 2.27. The summed E-state index contributed by atoms with van der Waals surface area (Å²) in [6.45, 7) is 11.4. The Hall–Kier alpha value is -3.61. The summed E-state index contributed by atoms with van der Waals surface area (Å²) in [5.41, 5.74) is 10.8. The van der Waals surface area contributed by atoms with Crippen LogP contribution in [0.2, 0.25) is 0 Å². The minimum atomic E-state index is -0.781. The van der Waals surface area contributed by atoms with Gasteiger partial charge >= 0.3 is 5.97 Å². The molecule has 0 spiro atoms. The molecule has 166 valence electrons. The van der Waals surface area contributed by atoms with Crippen LogP contribution in [-0.2, 0) is 16.6 Å². The smallest absolute Gasteiger partial charge is 0.308 e. The highest BCUT2D eigenvalue weighted by atomic mass is 16.5. The van der Waals surface area contributed by atoms with Crippen molar-refractivity contribution in [1.82, 2.24) is 15.0 Å². The van der Waals surface area contributed by atoms with E-state index in [2.05, 4.69) is 55.0 Å². The lowest BCUT2D eigenvalue weighted by molar-refractivity contribution is -0.132. The second-order valence-electron chi connectivity index (χ2n) is 8.81. The number of rotatable bonds is 5. The number of aryl methyl sites for hydroxylation is 2. The molecule has 3 aromatic rings. The Bertz CT molecular complexity index is 1180. The lowest BCUT2D eigenvalue weighted by Crippen LogP contribution is -2.19. The summed E-state index contributed by atoms with van der Waals surface area (Å²) in [7, 11) is 0. The van der Waals surface area contributed by atoms with Gasteiger partial charge in [0.25, 0.3) is 5.91 Å². The predicted octanol–water partition coefficient (Wildman–Crippen LogP) is 4.07. The van der Waals surface area contributed by atoms with Crippen LogP contribution < -0.4 is 10.5 Å². The fourth-order valence-electron chi connectivity index (χ4n) is 3.38. The quantitative estimate of drug-likeness (QED) is 0.609. The fraction of sp³-hybridized carbons (Fsp3) is 0.320. The van der Waals surface area contributed by atoms with Gasteiger partial charge in [0.05, 0.1) is 11.4 Å². The molecule has 0 fully saturated rings. The van der Waals surface area contributed by atoms with Gasteiger partial charge in [0.2, 0.25) is 0 Å². The Balaban J connectivity index is 1.89. The molecule has 1 amide bonds.